The van der Waals surface area contributed by atoms with Gasteiger partial charge in [-0.15, -0.1) is 0 Å². The van der Waals surface area contributed by atoms with Crippen LogP contribution in [0, 0.1) is 0 Å². The number of rotatable bonds is 9. The molecule has 6 rings (SSSR count). The second kappa shape index (κ2) is 11.4. The highest BCUT2D eigenvalue weighted by atomic mass is 16.5. The summed E-state index contributed by atoms with van der Waals surface area (Å²) in [4.78, 5) is 19.5. The van der Waals surface area contributed by atoms with Gasteiger partial charge in [0, 0.05) is 50.4 Å². The molecule has 2 aliphatic heterocycles. The summed E-state index contributed by atoms with van der Waals surface area (Å²) in [5.74, 6) is 3.98. The van der Waals surface area contributed by atoms with Crippen molar-refractivity contribution < 1.29 is 14.2 Å². The van der Waals surface area contributed by atoms with Crippen molar-refractivity contribution in [1.29, 1.82) is 0 Å². The zero-order valence-corrected chi connectivity index (χ0v) is 23.3. The van der Waals surface area contributed by atoms with Crippen LogP contribution in [0.1, 0.15) is 29.7 Å². The Balaban J connectivity index is 1.28. The molecule has 4 heterocycles. The maximum atomic E-state index is 5.52. The van der Waals surface area contributed by atoms with E-state index < -0.39 is 0 Å². The van der Waals surface area contributed by atoms with Gasteiger partial charge in [0.15, 0.2) is 17.3 Å². The van der Waals surface area contributed by atoms with Crippen molar-refractivity contribution in [2.24, 2.45) is 0 Å². The number of aromatic nitrogens is 4. The highest BCUT2D eigenvalue weighted by Crippen LogP contribution is 2.39. The van der Waals surface area contributed by atoms with Gasteiger partial charge < -0.3 is 29.0 Å². The van der Waals surface area contributed by atoms with Crippen molar-refractivity contribution >= 4 is 17.6 Å². The van der Waals surface area contributed by atoms with Crippen LogP contribution in [-0.2, 0) is 19.5 Å². The van der Waals surface area contributed by atoms with Crippen LogP contribution in [0.2, 0.25) is 0 Å². The van der Waals surface area contributed by atoms with E-state index in [1.54, 1.807) is 27.7 Å². The molecule has 1 saturated heterocycles. The fourth-order valence-corrected chi connectivity index (χ4v) is 5.55. The molecule has 0 atom stereocenters. The Hall–Kier alpha value is -4.31. The molecule has 0 amide bonds. The fraction of sp³-hybridized carbons (Fsp3) is 0.367. The third-order valence-electron chi connectivity index (χ3n) is 7.55. The van der Waals surface area contributed by atoms with Crippen LogP contribution in [0.25, 0.3) is 5.69 Å². The summed E-state index contributed by atoms with van der Waals surface area (Å²) in [6, 6.07) is 14.4. The van der Waals surface area contributed by atoms with Crippen molar-refractivity contribution in [2.45, 2.75) is 32.4 Å². The summed E-state index contributed by atoms with van der Waals surface area (Å²) < 4.78 is 18.4. The van der Waals surface area contributed by atoms with Crippen molar-refractivity contribution in [3.8, 4) is 22.9 Å². The first-order valence-electron chi connectivity index (χ1n) is 13.7. The Morgan fingerprint density at radius 3 is 2.35 bits per heavy atom. The lowest BCUT2D eigenvalue weighted by atomic mass is 10.0. The number of ether oxygens (including phenoxy) is 3. The summed E-state index contributed by atoms with van der Waals surface area (Å²) in [7, 11) is 4.80. The van der Waals surface area contributed by atoms with Crippen molar-refractivity contribution in [1.82, 2.24) is 24.4 Å². The van der Waals surface area contributed by atoms with Crippen LogP contribution in [-0.4, -0.2) is 65.4 Å². The molecule has 10 heteroatoms. The van der Waals surface area contributed by atoms with Gasteiger partial charge >= 0.3 is 0 Å². The average molecular weight is 542 g/mol. The lowest BCUT2D eigenvalue weighted by Crippen LogP contribution is -2.33. The summed E-state index contributed by atoms with van der Waals surface area (Å²) in [6.45, 7) is 4.77. The smallest absolute Gasteiger partial charge is 0.230 e. The Morgan fingerprint density at radius 2 is 1.65 bits per heavy atom. The highest BCUT2D eigenvalue weighted by Gasteiger charge is 2.27. The molecule has 0 unspecified atom stereocenters. The minimum Gasteiger partial charge on any atom is -0.493 e. The second-order valence-electron chi connectivity index (χ2n) is 10.1. The molecule has 1 fully saturated rings. The third kappa shape index (κ3) is 5.27. The molecule has 0 bridgehead atoms. The number of anilines is 3. The maximum Gasteiger partial charge on any atom is 0.230 e. The first-order chi connectivity index (χ1) is 19.6. The minimum atomic E-state index is 0.547. The number of benzene rings is 2. The third-order valence-corrected chi connectivity index (χ3v) is 7.55. The van der Waals surface area contributed by atoms with Crippen LogP contribution in [0.5, 0.6) is 17.2 Å². The van der Waals surface area contributed by atoms with Crippen molar-refractivity contribution in [3.05, 3.63) is 71.8 Å². The molecule has 40 heavy (non-hydrogen) atoms. The van der Waals surface area contributed by atoms with E-state index in [1.807, 2.05) is 22.9 Å². The minimum absolute atomic E-state index is 0.547. The van der Waals surface area contributed by atoms with Crippen molar-refractivity contribution in [3.63, 3.8) is 0 Å². The summed E-state index contributed by atoms with van der Waals surface area (Å²) in [5.41, 5.74) is 4.51. The van der Waals surface area contributed by atoms with Gasteiger partial charge in [0.25, 0.3) is 0 Å². The van der Waals surface area contributed by atoms with Gasteiger partial charge in [0.05, 0.1) is 38.9 Å². The van der Waals surface area contributed by atoms with Crippen LogP contribution in [0.3, 0.4) is 0 Å². The summed E-state index contributed by atoms with van der Waals surface area (Å²) in [6.07, 6.45) is 6.98. The topological polar surface area (TPSA) is 89.8 Å². The first kappa shape index (κ1) is 25.9. The molecule has 4 aromatic rings. The van der Waals surface area contributed by atoms with Crippen LogP contribution in [0.15, 0.2) is 55.0 Å². The Bertz CT molecular complexity index is 1440. The second-order valence-corrected chi connectivity index (χ2v) is 10.1. The van der Waals surface area contributed by atoms with Gasteiger partial charge in [-0.1, -0.05) is 30.3 Å². The summed E-state index contributed by atoms with van der Waals surface area (Å²) in [5, 5.41) is 3.37. The number of fused-ring (bicyclic) bond motifs is 1. The molecule has 2 aromatic heterocycles. The lowest BCUT2D eigenvalue weighted by molar-refractivity contribution is 0.241. The van der Waals surface area contributed by atoms with Gasteiger partial charge in [-0.25, -0.2) is 9.97 Å². The SMILES string of the molecule is COc1cc(-n2cnc(Nc3nc4c(c(N5CCCC5)n3)CCN(Cc3ccccc3)C4)c2)cc(OC)c1OC. The lowest BCUT2D eigenvalue weighted by Gasteiger charge is -2.31. The Morgan fingerprint density at radius 1 is 0.900 bits per heavy atom. The summed E-state index contributed by atoms with van der Waals surface area (Å²) >= 11 is 0. The number of methoxy groups -OCH3 is 3. The number of imidazole rings is 1. The Kier molecular flexibility index (Phi) is 7.41. The van der Waals surface area contributed by atoms with E-state index in [4.69, 9.17) is 24.2 Å². The molecule has 0 radical (unpaired) electrons. The molecular weight excluding hydrogens is 506 g/mol. The molecule has 0 spiro atoms. The van der Waals surface area contributed by atoms with E-state index >= 15 is 0 Å². The zero-order valence-electron chi connectivity index (χ0n) is 23.3. The zero-order chi connectivity index (χ0) is 27.5. The van der Waals surface area contributed by atoms with Gasteiger partial charge in [0.1, 0.15) is 12.1 Å². The molecule has 2 aliphatic rings. The van der Waals surface area contributed by atoms with Gasteiger partial charge in [-0.2, -0.15) is 4.98 Å². The standard InChI is InChI=1S/C30H35N7O3/c1-38-25-15-22(16-26(39-2)28(25)40-3)37-19-27(31-20-37)33-30-32-24-18-35(17-21-9-5-4-6-10-21)14-11-23(24)29(34-30)36-12-7-8-13-36/h4-6,9-10,15-16,19-20H,7-8,11-14,17-18H2,1-3H3,(H,32,33,34). The van der Waals surface area contributed by atoms with Crippen LogP contribution < -0.4 is 24.4 Å². The van der Waals surface area contributed by atoms with Gasteiger partial charge in [-0.05, 0) is 24.8 Å². The van der Waals surface area contributed by atoms with E-state index in [1.165, 1.54) is 24.0 Å². The Labute approximate surface area is 234 Å². The molecule has 208 valence electrons. The highest BCUT2D eigenvalue weighted by molar-refractivity contribution is 5.60. The van der Waals surface area contributed by atoms with E-state index in [-0.39, 0.29) is 0 Å². The van der Waals surface area contributed by atoms with E-state index in [0.717, 1.165) is 56.3 Å². The van der Waals surface area contributed by atoms with Crippen LogP contribution in [0.4, 0.5) is 17.6 Å². The van der Waals surface area contributed by atoms with Crippen molar-refractivity contribution in [2.75, 3.05) is 51.2 Å². The molecule has 1 N–H and O–H groups in total. The molecule has 2 aromatic carbocycles. The molecule has 0 saturated carbocycles. The molecular formula is C30H35N7O3. The first-order valence-corrected chi connectivity index (χ1v) is 13.7. The van der Waals surface area contributed by atoms with E-state index in [0.29, 0.717) is 29.0 Å². The number of nitrogens with one attached hydrogen (secondary N) is 1. The van der Waals surface area contributed by atoms with Gasteiger partial charge in [0.2, 0.25) is 11.7 Å². The largest absolute Gasteiger partial charge is 0.493 e. The predicted molar refractivity (Wildman–Crippen MR) is 154 cm³/mol. The number of hydrogen-bond donors (Lipinski definition) is 1. The monoisotopic (exact) mass is 541 g/mol. The van der Waals surface area contributed by atoms with Crippen LogP contribution >= 0.6 is 0 Å². The predicted octanol–water partition coefficient (Wildman–Crippen LogP) is 4.59. The normalized spacial score (nSPS) is 15.1. The molecule has 0 aliphatic carbocycles. The molecule has 10 nitrogen and oxygen atoms in total. The maximum absolute atomic E-state index is 5.52. The van der Waals surface area contributed by atoms with E-state index in [2.05, 4.69) is 50.4 Å². The van der Waals surface area contributed by atoms with Gasteiger partial charge in [-0.3, -0.25) is 4.90 Å². The van der Waals surface area contributed by atoms with E-state index in [9.17, 15) is 0 Å². The average Bonchev–Trinajstić information content (AvgIpc) is 3.69. The fourth-order valence-electron chi connectivity index (χ4n) is 5.55. The number of hydrogen-bond acceptors (Lipinski definition) is 9. The number of nitrogens with zero attached hydrogens (tertiary/aromatic N) is 6. The quantitative estimate of drug-likeness (QED) is 0.327.